The van der Waals surface area contributed by atoms with Crippen LogP contribution < -0.4 is 9.47 Å². The van der Waals surface area contributed by atoms with E-state index in [1.807, 2.05) is 39.0 Å². The van der Waals surface area contributed by atoms with E-state index in [0.29, 0.717) is 10.2 Å². The predicted octanol–water partition coefficient (Wildman–Crippen LogP) is 4.56. The van der Waals surface area contributed by atoms with Gasteiger partial charge < -0.3 is 14.6 Å². The molecule has 0 radical (unpaired) electrons. The molecule has 2 aromatic carbocycles. The third kappa shape index (κ3) is 5.06. The maximum atomic E-state index is 12.1. The number of rotatable bonds is 6. The Morgan fingerprint density at radius 2 is 1.84 bits per heavy atom. The lowest BCUT2D eigenvalue weighted by Gasteiger charge is -2.15. The monoisotopic (exact) mass is 406 g/mol. The van der Waals surface area contributed by atoms with Crippen LogP contribution in [0.25, 0.3) is 0 Å². The summed E-state index contributed by atoms with van der Waals surface area (Å²) in [5, 5.41) is 9.20. The molecule has 2 rings (SSSR count). The fourth-order valence-corrected chi connectivity index (χ4v) is 2.65. The molecule has 0 aliphatic carbocycles. The maximum absolute atomic E-state index is 12.1. The SMILES string of the molecule is Cc1ccc(C(C)C)c(OCC(=O)Oc2ccc(Br)cc2C(=O)O)c1. The van der Waals surface area contributed by atoms with E-state index in [-0.39, 0.29) is 23.8 Å². The third-order valence-electron chi connectivity index (χ3n) is 3.53. The number of carbonyl (C=O) groups excluding carboxylic acids is 1. The van der Waals surface area contributed by atoms with Gasteiger partial charge in [-0.1, -0.05) is 41.9 Å². The summed E-state index contributed by atoms with van der Waals surface area (Å²) in [6.07, 6.45) is 0. The molecule has 0 aromatic heterocycles. The van der Waals surface area contributed by atoms with Crippen LogP contribution in [0.1, 0.15) is 41.3 Å². The van der Waals surface area contributed by atoms with Crippen LogP contribution >= 0.6 is 15.9 Å². The van der Waals surface area contributed by atoms with Crippen molar-refractivity contribution in [3.63, 3.8) is 0 Å². The first-order valence-electron chi connectivity index (χ1n) is 7.74. The van der Waals surface area contributed by atoms with Gasteiger partial charge in [0.1, 0.15) is 17.1 Å². The summed E-state index contributed by atoms with van der Waals surface area (Å²) in [6, 6.07) is 10.2. The topological polar surface area (TPSA) is 72.8 Å². The lowest BCUT2D eigenvalue weighted by atomic mass is 10.0. The number of aromatic carboxylic acids is 1. The second kappa shape index (κ2) is 8.16. The van der Waals surface area contributed by atoms with Crippen molar-refractivity contribution in [1.29, 1.82) is 0 Å². The Balaban J connectivity index is 2.10. The second-order valence-corrected chi connectivity index (χ2v) is 6.82. The van der Waals surface area contributed by atoms with Gasteiger partial charge in [-0.15, -0.1) is 0 Å². The van der Waals surface area contributed by atoms with Gasteiger partial charge in [-0.05, 0) is 48.2 Å². The van der Waals surface area contributed by atoms with Crippen LogP contribution in [0.2, 0.25) is 0 Å². The molecule has 0 atom stereocenters. The zero-order valence-electron chi connectivity index (χ0n) is 14.2. The summed E-state index contributed by atoms with van der Waals surface area (Å²) in [6.45, 7) is 5.71. The van der Waals surface area contributed by atoms with Crippen LogP contribution in [-0.4, -0.2) is 23.7 Å². The molecule has 0 saturated carbocycles. The molecule has 0 saturated heterocycles. The molecule has 0 aliphatic rings. The number of benzene rings is 2. The van der Waals surface area contributed by atoms with E-state index >= 15 is 0 Å². The summed E-state index contributed by atoms with van der Waals surface area (Å²) in [4.78, 5) is 23.3. The van der Waals surface area contributed by atoms with E-state index in [1.54, 1.807) is 6.07 Å². The van der Waals surface area contributed by atoms with E-state index < -0.39 is 11.9 Å². The molecule has 5 nitrogen and oxygen atoms in total. The van der Waals surface area contributed by atoms with Crippen LogP contribution in [0, 0.1) is 6.92 Å². The summed E-state index contributed by atoms with van der Waals surface area (Å²) in [5.41, 5.74) is 1.92. The lowest BCUT2D eigenvalue weighted by Crippen LogP contribution is -2.19. The number of hydrogen-bond acceptors (Lipinski definition) is 4. The zero-order valence-corrected chi connectivity index (χ0v) is 15.8. The van der Waals surface area contributed by atoms with Gasteiger partial charge in [0, 0.05) is 4.47 Å². The smallest absolute Gasteiger partial charge is 0.349 e. The molecule has 0 fully saturated rings. The van der Waals surface area contributed by atoms with Crippen molar-refractivity contribution in [1.82, 2.24) is 0 Å². The van der Waals surface area contributed by atoms with Gasteiger partial charge in [0.15, 0.2) is 6.61 Å². The zero-order chi connectivity index (χ0) is 18.6. The van der Waals surface area contributed by atoms with Crippen LogP contribution in [0.15, 0.2) is 40.9 Å². The first-order valence-corrected chi connectivity index (χ1v) is 8.54. The number of aryl methyl sites for hydroxylation is 1. The van der Waals surface area contributed by atoms with Crippen molar-refractivity contribution >= 4 is 27.9 Å². The van der Waals surface area contributed by atoms with Crippen molar-refractivity contribution in [2.24, 2.45) is 0 Å². The minimum absolute atomic E-state index is 0.0161. The molecule has 132 valence electrons. The number of hydrogen-bond donors (Lipinski definition) is 1. The molecule has 0 heterocycles. The van der Waals surface area contributed by atoms with Crippen molar-refractivity contribution in [3.05, 3.63) is 57.6 Å². The van der Waals surface area contributed by atoms with Crippen molar-refractivity contribution in [2.75, 3.05) is 6.61 Å². The largest absolute Gasteiger partial charge is 0.482 e. The Morgan fingerprint density at radius 3 is 2.48 bits per heavy atom. The Morgan fingerprint density at radius 1 is 1.12 bits per heavy atom. The van der Waals surface area contributed by atoms with Gasteiger partial charge in [-0.3, -0.25) is 0 Å². The average molecular weight is 407 g/mol. The highest BCUT2D eigenvalue weighted by Crippen LogP contribution is 2.28. The average Bonchev–Trinajstić information content (AvgIpc) is 2.54. The Labute approximate surface area is 154 Å². The quantitative estimate of drug-likeness (QED) is 0.561. The number of carboxylic acids is 1. The Hall–Kier alpha value is -2.34. The molecule has 0 unspecified atom stereocenters. The third-order valence-corrected chi connectivity index (χ3v) is 4.03. The minimum atomic E-state index is -1.18. The van der Waals surface area contributed by atoms with Gasteiger partial charge in [0.05, 0.1) is 0 Å². The molecular formula is C19H19BrO5. The first-order chi connectivity index (χ1) is 11.8. The van der Waals surface area contributed by atoms with Gasteiger partial charge in [-0.2, -0.15) is 0 Å². The van der Waals surface area contributed by atoms with Crippen molar-refractivity contribution < 1.29 is 24.2 Å². The fourth-order valence-electron chi connectivity index (χ4n) is 2.29. The Bertz CT molecular complexity index is 798. The summed E-state index contributed by atoms with van der Waals surface area (Å²) < 4.78 is 11.3. The lowest BCUT2D eigenvalue weighted by molar-refractivity contribution is -0.136. The molecule has 6 heteroatoms. The molecule has 0 amide bonds. The molecule has 25 heavy (non-hydrogen) atoms. The van der Waals surface area contributed by atoms with Gasteiger partial charge in [0.25, 0.3) is 0 Å². The number of halogens is 1. The Kier molecular flexibility index (Phi) is 6.20. The number of carbonyl (C=O) groups is 2. The molecule has 0 spiro atoms. The summed E-state index contributed by atoms with van der Waals surface area (Å²) in [7, 11) is 0. The van der Waals surface area contributed by atoms with E-state index in [2.05, 4.69) is 15.9 Å². The van der Waals surface area contributed by atoms with Gasteiger partial charge in [-0.25, -0.2) is 9.59 Å². The van der Waals surface area contributed by atoms with E-state index in [1.165, 1.54) is 12.1 Å². The molecule has 0 aliphatic heterocycles. The highest BCUT2D eigenvalue weighted by molar-refractivity contribution is 9.10. The van der Waals surface area contributed by atoms with Crippen molar-refractivity contribution in [2.45, 2.75) is 26.7 Å². The summed E-state index contributed by atoms with van der Waals surface area (Å²) >= 11 is 3.19. The summed E-state index contributed by atoms with van der Waals surface area (Å²) in [5.74, 6) is -0.984. The predicted molar refractivity (Wildman–Crippen MR) is 97.5 cm³/mol. The maximum Gasteiger partial charge on any atom is 0.349 e. The number of carboxylic acid groups (broad SMARTS) is 1. The van der Waals surface area contributed by atoms with E-state index in [0.717, 1.165) is 11.1 Å². The standard InChI is InChI=1S/C19H19BrO5/c1-11(2)14-6-4-12(3)8-17(14)24-10-18(21)25-16-7-5-13(20)9-15(16)19(22)23/h4-9,11H,10H2,1-3H3,(H,22,23). The first kappa shape index (κ1) is 19.0. The van der Waals surface area contributed by atoms with E-state index in [4.69, 9.17) is 9.47 Å². The van der Waals surface area contributed by atoms with Crippen LogP contribution in [0.4, 0.5) is 0 Å². The fraction of sp³-hybridized carbons (Fsp3) is 0.263. The molecule has 1 N–H and O–H groups in total. The number of esters is 1. The van der Waals surface area contributed by atoms with Gasteiger partial charge >= 0.3 is 11.9 Å². The second-order valence-electron chi connectivity index (χ2n) is 5.90. The molecule has 0 bridgehead atoms. The van der Waals surface area contributed by atoms with Gasteiger partial charge in [0.2, 0.25) is 0 Å². The van der Waals surface area contributed by atoms with Crippen molar-refractivity contribution in [3.8, 4) is 11.5 Å². The number of ether oxygens (including phenoxy) is 2. The van der Waals surface area contributed by atoms with Crippen LogP contribution in [-0.2, 0) is 4.79 Å². The highest BCUT2D eigenvalue weighted by atomic mass is 79.9. The van der Waals surface area contributed by atoms with Crippen LogP contribution in [0.5, 0.6) is 11.5 Å². The molecule has 2 aromatic rings. The van der Waals surface area contributed by atoms with E-state index in [9.17, 15) is 14.7 Å². The highest BCUT2D eigenvalue weighted by Gasteiger charge is 2.16. The minimum Gasteiger partial charge on any atom is -0.482 e. The van der Waals surface area contributed by atoms with Crippen LogP contribution in [0.3, 0.4) is 0 Å². The molecular weight excluding hydrogens is 388 g/mol. The normalized spacial score (nSPS) is 10.6.